The van der Waals surface area contributed by atoms with Crippen LogP contribution in [-0.4, -0.2) is 23.4 Å². The van der Waals surface area contributed by atoms with Crippen molar-refractivity contribution in [2.75, 3.05) is 13.2 Å². The Morgan fingerprint density at radius 3 is 2.05 bits per heavy atom. The summed E-state index contributed by atoms with van der Waals surface area (Å²) in [5, 5.41) is 19.7. The monoisotopic (exact) mass is 290 g/mol. The van der Waals surface area contributed by atoms with Crippen LogP contribution in [0.2, 0.25) is 0 Å². The van der Waals surface area contributed by atoms with Gasteiger partial charge in [-0.1, -0.05) is 36.8 Å². The maximum Gasteiger partial charge on any atom is 0.0553 e. The van der Waals surface area contributed by atoms with E-state index >= 15 is 0 Å². The molecule has 0 spiro atoms. The molecule has 0 atom stereocenters. The lowest BCUT2D eigenvalue weighted by Gasteiger charge is -2.30. The van der Waals surface area contributed by atoms with Gasteiger partial charge in [0, 0.05) is 15.2 Å². The number of aliphatic hydroxyl groups excluding tert-OH is 2. The molecule has 2 N–H and O–H groups in total. The van der Waals surface area contributed by atoms with E-state index in [-0.39, 0.29) is 13.2 Å². The van der Waals surface area contributed by atoms with Crippen molar-refractivity contribution in [3.05, 3.63) is 57.3 Å². The number of benzene rings is 1. The topological polar surface area (TPSA) is 40.5 Å². The maximum atomic E-state index is 9.87. The Morgan fingerprint density at radius 2 is 1.55 bits per heavy atom. The van der Waals surface area contributed by atoms with Crippen LogP contribution in [0.4, 0.5) is 0 Å². The fourth-order valence-electron chi connectivity index (χ4n) is 2.39. The van der Waals surface area contributed by atoms with Crippen LogP contribution in [0.3, 0.4) is 0 Å². The molecule has 2 nitrogen and oxygen atoms in total. The third-order valence-electron chi connectivity index (χ3n) is 3.85. The fourth-order valence-corrected chi connectivity index (χ4v) is 3.50. The molecule has 0 amide bonds. The molecular formula is C17H22O2S. The molecule has 0 bridgehead atoms. The van der Waals surface area contributed by atoms with E-state index in [1.807, 2.05) is 31.2 Å². The van der Waals surface area contributed by atoms with Gasteiger partial charge in [-0.05, 0) is 37.5 Å². The van der Waals surface area contributed by atoms with Gasteiger partial charge in [-0.25, -0.2) is 0 Å². The van der Waals surface area contributed by atoms with Crippen LogP contribution in [0.1, 0.15) is 27.8 Å². The van der Waals surface area contributed by atoms with Crippen LogP contribution in [0.15, 0.2) is 36.4 Å². The molecule has 0 unspecified atom stereocenters. The molecule has 0 saturated carbocycles. The number of thiophene rings is 1. The van der Waals surface area contributed by atoms with Gasteiger partial charge in [-0.3, -0.25) is 0 Å². The van der Waals surface area contributed by atoms with Gasteiger partial charge in [0.15, 0.2) is 0 Å². The molecular weight excluding hydrogens is 268 g/mol. The zero-order valence-electron chi connectivity index (χ0n) is 12.1. The van der Waals surface area contributed by atoms with Crippen LogP contribution >= 0.6 is 11.3 Å². The van der Waals surface area contributed by atoms with E-state index in [9.17, 15) is 10.2 Å². The molecule has 2 rings (SSSR count). The summed E-state index contributed by atoms with van der Waals surface area (Å²) in [6.07, 6.45) is 1.70. The molecule has 0 aliphatic carbocycles. The van der Waals surface area contributed by atoms with Gasteiger partial charge in [0.2, 0.25) is 0 Å². The van der Waals surface area contributed by atoms with E-state index in [1.54, 1.807) is 11.3 Å². The van der Waals surface area contributed by atoms with Crippen molar-refractivity contribution in [1.29, 1.82) is 0 Å². The summed E-state index contributed by atoms with van der Waals surface area (Å²) in [4.78, 5) is 2.55. The van der Waals surface area contributed by atoms with Gasteiger partial charge in [0.1, 0.15) is 0 Å². The van der Waals surface area contributed by atoms with Crippen LogP contribution < -0.4 is 0 Å². The first-order valence-corrected chi connectivity index (χ1v) is 7.81. The third-order valence-corrected chi connectivity index (χ3v) is 5.08. The molecule has 2 aromatic rings. The third kappa shape index (κ3) is 3.11. The van der Waals surface area contributed by atoms with Gasteiger partial charge < -0.3 is 10.2 Å². The second kappa shape index (κ2) is 6.53. The summed E-state index contributed by atoms with van der Waals surface area (Å²) >= 11 is 1.77. The van der Waals surface area contributed by atoms with E-state index in [0.717, 1.165) is 12.0 Å². The first-order valence-electron chi connectivity index (χ1n) is 7.00. The minimum atomic E-state index is -0.594. The molecule has 0 saturated heterocycles. The Morgan fingerprint density at radius 1 is 0.950 bits per heavy atom. The number of hydrogen-bond donors (Lipinski definition) is 2. The van der Waals surface area contributed by atoms with E-state index in [1.165, 1.54) is 15.3 Å². The molecule has 0 fully saturated rings. The van der Waals surface area contributed by atoms with Crippen LogP contribution in [0.25, 0.3) is 0 Å². The van der Waals surface area contributed by atoms with Crippen LogP contribution in [-0.2, 0) is 18.3 Å². The Bertz CT molecular complexity index is 538. The van der Waals surface area contributed by atoms with Crippen molar-refractivity contribution < 1.29 is 10.2 Å². The highest BCUT2D eigenvalue weighted by molar-refractivity contribution is 7.12. The number of aliphatic hydroxyl groups is 2. The lowest BCUT2D eigenvalue weighted by molar-refractivity contribution is 0.117. The molecule has 1 aromatic carbocycles. The second-order valence-electron chi connectivity index (χ2n) is 5.36. The minimum Gasteiger partial charge on any atom is -0.395 e. The SMILES string of the molecule is CCc1ccc(CC(CO)(CO)c2ccc(C)cc2)s1. The Hall–Kier alpha value is -1.16. The number of aryl methyl sites for hydroxylation is 2. The molecule has 1 heterocycles. The van der Waals surface area contributed by atoms with Crippen molar-refractivity contribution in [1.82, 2.24) is 0 Å². The zero-order chi connectivity index (χ0) is 14.6. The van der Waals surface area contributed by atoms with Gasteiger partial charge in [-0.15, -0.1) is 11.3 Å². The first kappa shape index (κ1) is 15.2. The van der Waals surface area contributed by atoms with Crippen molar-refractivity contribution in [2.24, 2.45) is 0 Å². The molecule has 0 radical (unpaired) electrons. The van der Waals surface area contributed by atoms with Crippen molar-refractivity contribution in [2.45, 2.75) is 32.1 Å². The highest BCUT2D eigenvalue weighted by atomic mass is 32.1. The smallest absolute Gasteiger partial charge is 0.0553 e. The lowest BCUT2D eigenvalue weighted by Crippen LogP contribution is -2.37. The quantitative estimate of drug-likeness (QED) is 0.858. The average molecular weight is 290 g/mol. The Labute approximate surface area is 124 Å². The summed E-state index contributed by atoms with van der Waals surface area (Å²) < 4.78 is 0. The van der Waals surface area contributed by atoms with Gasteiger partial charge in [0.05, 0.1) is 13.2 Å². The Balaban J connectivity index is 2.31. The van der Waals surface area contributed by atoms with Crippen molar-refractivity contribution >= 4 is 11.3 Å². The summed E-state index contributed by atoms with van der Waals surface area (Å²) in [5.74, 6) is 0. The molecule has 0 aliphatic rings. The van der Waals surface area contributed by atoms with Crippen LogP contribution in [0, 0.1) is 6.92 Å². The summed E-state index contributed by atoms with van der Waals surface area (Å²) in [5.41, 5.74) is 1.59. The first-order chi connectivity index (χ1) is 9.63. The summed E-state index contributed by atoms with van der Waals surface area (Å²) in [7, 11) is 0. The molecule has 0 aliphatic heterocycles. The van der Waals surface area contributed by atoms with Crippen molar-refractivity contribution in [3.8, 4) is 0 Å². The van der Waals surface area contributed by atoms with E-state index in [4.69, 9.17) is 0 Å². The average Bonchev–Trinajstić information content (AvgIpc) is 2.93. The maximum absolute atomic E-state index is 9.87. The standard InChI is InChI=1S/C17H22O2S/c1-3-15-8-9-16(20-15)10-17(11-18,12-19)14-6-4-13(2)5-7-14/h4-9,18-19H,3,10-12H2,1-2H3. The van der Waals surface area contributed by atoms with Crippen molar-refractivity contribution in [3.63, 3.8) is 0 Å². The number of rotatable bonds is 6. The highest BCUT2D eigenvalue weighted by Gasteiger charge is 2.31. The molecule has 108 valence electrons. The van der Waals surface area contributed by atoms with Crippen LogP contribution in [0.5, 0.6) is 0 Å². The Kier molecular flexibility index (Phi) is 4.97. The highest BCUT2D eigenvalue weighted by Crippen LogP contribution is 2.31. The predicted octanol–water partition coefficient (Wildman–Crippen LogP) is 3.08. The normalized spacial score (nSPS) is 11.8. The van der Waals surface area contributed by atoms with E-state index in [2.05, 4.69) is 19.1 Å². The summed E-state index contributed by atoms with van der Waals surface area (Å²) in [6.45, 7) is 4.08. The van der Waals surface area contributed by atoms with Gasteiger partial charge >= 0.3 is 0 Å². The molecule has 1 aromatic heterocycles. The molecule has 3 heteroatoms. The van der Waals surface area contributed by atoms with Gasteiger partial charge in [0.25, 0.3) is 0 Å². The summed E-state index contributed by atoms with van der Waals surface area (Å²) in [6, 6.07) is 12.3. The van der Waals surface area contributed by atoms with E-state index < -0.39 is 5.41 Å². The zero-order valence-corrected chi connectivity index (χ0v) is 12.9. The van der Waals surface area contributed by atoms with E-state index in [0.29, 0.717) is 6.42 Å². The largest absolute Gasteiger partial charge is 0.395 e. The lowest BCUT2D eigenvalue weighted by atomic mass is 9.78. The predicted molar refractivity (Wildman–Crippen MR) is 84.4 cm³/mol. The minimum absolute atomic E-state index is 0.0497. The number of hydrogen-bond acceptors (Lipinski definition) is 3. The fraction of sp³-hybridized carbons (Fsp3) is 0.412. The van der Waals surface area contributed by atoms with Gasteiger partial charge in [-0.2, -0.15) is 0 Å². The second-order valence-corrected chi connectivity index (χ2v) is 6.61. The molecule has 20 heavy (non-hydrogen) atoms.